The Balaban J connectivity index is 1.46. The van der Waals surface area contributed by atoms with Crippen molar-refractivity contribution in [1.29, 1.82) is 0 Å². The van der Waals surface area contributed by atoms with E-state index in [9.17, 15) is 0 Å². The summed E-state index contributed by atoms with van der Waals surface area (Å²) in [5.74, 6) is 3.32. The van der Waals surface area contributed by atoms with Gasteiger partial charge in [0.1, 0.15) is 23.9 Å². The lowest BCUT2D eigenvalue weighted by Gasteiger charge is -2.32. The summed E-state index contributed by atoms with van der Waals surface area (Å²) in [5.41, 5.74) is 0. The van der Waals surface area contributed by atoms with Crippen LogP contribution in [-0.4, -0.2) is 31.2 Å². The molecule has 1 aliphatic heterocycles. The molecule has 0 amide bonds. The van der Waals surface area contributed by atoms with Crippen LogP contribution in [0.15, 0.2) is 41.3 Å². The summed E-state index contributed by atoms with van der Waals surface area (Å²) in [6, 6.07) is 5.79. The van der Waals surface area contributed by atoms with Crippen LogP contribution in [0, 0.1) is 0 Å². The molecule has 8 heteroatoms. The molecule has 1 aliphatic rings. The van der Waals surface area contributed by atoms with Crippen LogP contribution in [0.3, 0.4) is 0 Å². The van der Waals surface area contributed by atoms with Crippen LogP contribution in [0.1, 0.15) is 30.4 Å². The van der Waals surface area contributed by atoms with Gasteiger partial charge < -0.3 is 13.7 Å². The second kappa shape index (κ2) is 6.85. The van der Waals surface area contributed by atoms with E-state index in [2.05, 4.69) is 31.6 Å². The topological polar surface area (TPSA) is 69.2 Å². The van der Waals surface area contributed by atoms with E-state index in [1.807, 2.05) is 12.1 Å². The fourth-order valence-corrected chi connectivity index (χ4v) is 3.20. The van der Waals surface area contributed by atoms with E-state index in [-0.39, 0.29) is 6.04 Å². The summed E-state index contributed by atoms with van der Waals surface area (Å²) in [6.45, 7) is 4.95. The van der Waals surface area contributed by atoms with Gasteiger partial charge in [0.05, 0.1) is 30.1 Å². The molecule has 0 radical (unpaired) electrons. The van der Waals surface area contributed by atoms with Crippen LogP contribution in [0.25, 0.3) is 0 Å². The van der Waals surface area contributed by atoms with Gasteiger partial charge in [-0.05, 0) is 19.1 Å². The van der Waals surface area contributed by atoms with Crippen LogP contribution in [0.5, 0.6) is 5.75 Å². The van der Waals surface area contributed by atoms with Gasteiger partial charge in [-0.1, -0.05) is 11.6 Å². The molecule has 1 atom stereocenters. The Morgan fingerprint density at radius 1 is 1.32 bits per heavy atom. The maximum Gasteiger partial charge on any atom is 0.171 e. The lowest BCUT2D eigenvalue weighted by atomic mass is 10.2. The normalized spacial score (nSPS) is 17.4. The Hall–Kier alpha value is -2.38. The molecule has 0 bridgehead atoms. The highest BCUT2D eigenvalue weighted by atomic mass is 35.5. The van der Waals surface area contributed by atoms with Crippen molar-refractivity contribution >= 4 is 11.6 Å². The van der Waals surface area contributed by atoms with Crippen molar-refractivity contribution in [2.75, 3.05) is 6.54 Å². The molecule has 0 aliphatic carbocycles. The van der Waals surface area contributed by atoms with Gasteiger partial charge in [-0.25, -0.2) is 0 Å². The predicted octanol–water partition coefficient (Wildman–Crippen LogP) is 3.08. The molecule has 1 unspecified atom stereocenters. The van der Waals surface area contributed by atoms with Gasteiger partial charge in [0.2, 0.25) is 0 Å². The summed E-state index contributed by atoms with van der Waals surface area (Å²) >= 11 is 5.93. The molecular formula is C17H18ClN5O2. The number of aromatic nitrogens is 4. The highest BCUT2D eigenvalue weighted by molar-refractivity contribution is 6.30. The Morgan fingerprint density at radius 3 is 3.04 bits per heavy atom. The smallest absolute Gasteiger partial charge is 0.171 e. The zero-order valence-electron chi connectivity index (χ0n) is 13.8. The van der Waals surface area contributed by atoms with E-state index in [1.54, 1.807) is 24.7 Å². The molecule has 4 heterocycles. The van der Waals surface area contributed by atoms with Crippen molar-refractivity contribution in [3.05, 3.63) is 59.3 Å². The highest BCUT2D eigenvalue weighted by Crippen LogP contribution is 2.26. The number of hydrogen-bond acceptors (Lipinski definition) is 6. The minimum absolute atomic E-state index is 0.160. The van der Waals surface area contributed by atoms with Crippen LogP contribution < -0.4 is 4.74 Å². The number of nitrogens with zero attached hydrogens (tertiary/aromatic N) is 5. The monoisotopic (exact) mass is 359 g/mol. The Bertz CT molecular complexity index is 849. The lowest BCUT2D eigenvalue weighted by Crippen LogP contribution is -2.37. The first-order valence-corrected chi connectivity index (χ1v) is 8.50. The first-order valence-electron chi connectivity index (χ1n) is 8.12. The van der Waals surface area contributed by atoms with E-state index in [4.69, 9.17) is 20.8 Å². The minimum atomic E-state index is 0.160. The summed E-state index contributed by atoms with van der Waals surface area (Å²) in [4.78, 5) is 6.34. The second-order valence-corrected chi connectivity index (χ2v) is 6.42. The molecule has 0 N–H and O–H groups in total. The third kappa shape index (κ3) is 3.38. The van der Waals surface area contributed by atoms with Crippen molar-refractivity contribution < 1.29 is 9.15 Å². The standard InChI is InChI=1S/C17H18ClN5O2/c1-12-17-21-20-16(11-25-15-7-13(18)8-19-9-15)23(17)5-4-22(12)10-14-3-2-6-24-14/h2-3,6-9,12H,4-5,10-11H2,1H3. The SMILES string of the molecule is CC1c2nnc(COc3cncc(Cl)c3)n2CCN1Cc1ccco1. The zero-order chi connectivity index (χ0) is 17.2. The number of pyridine rings is 1. The number of furan rings is 1. The van der Waals surface area contributed by atoms with E-state index >= 15 is 0 Å². The molecule has 7 nitrogen and oxygen atoms in total. The number of ether oxygens (including phenoxy) is 1. The maximum absolute atomic E-state index is 5.93. The van der Waals surface area contributed by atoms with Crippen molar-refractivity contribution in [1.82, 2.24) is 24.6 Å². The Morgan fingerprint density at radius 2 is 2.24 bits per heavy atom. The van der Waals surface area contributed by atoms with Gasteiger partial charge in [0.15, 0.2) is 5.82 Å². The van der Waals surface area contributed by atoms with Crippen molar-refractivity contribution in [3.8, 4) is 5.75 Å². The summed E-state index contributed by atoms with van der Waals surface area (Å²) < 4.78 is 13.3. The second-order valence-electron chi connectivity index (χ2n) is 5.98. The molecule has 0 spiro atoms. The first kappa shape index (κ1) is 16.1. The maximum atomic E-state index is 5.93. The lowest BCUT2D eigenvalue weighted by molar-refractivity contribution is 0.142. The summed E-state index contributed by atoms with van der Waals surface area (Å²) in [6.07, 6.45) is 4.91. The largest absolute Gasteiger partial charge is 0.484 e. The van der Waals surface area contributed by atoms with E-state index < -0.39 is 0 Å². The van der Waals surface area contributed by atoms with Crippen molar-refractivity contribution in [2.45, 2.75) is 32.7 Å². The van der Waals surface area contributed by atoms with Gasteiger partial charge in [-0.3, -0.25) is 9.88 Å². The van der Waals surface area contributed by atoms with Gasteiger partial charge in [-0.15, -0.1) is 10.2 Å². The number of halogens is 1. The van der Waals surface area contributed by atoms with Crippen LogP contribution >= 0.6 is 11.6 Å². The fourth-order valence-electron chi connectivity index (χ4n) is 3.03. The molecule has 3 aromatic rings. The van der Waals surface area contributed by atoms with E-state index in [0.717, 1.165) is 37.0 Å². The van der Waals surface area contributed by atoms with Crippen LogP contribution in [-0.2, 0) is 19.7 Å². The third-order valence-corrected chi connectivity index (χ3v) is 4.58. The molecule has 0 fully saturated rings. The van der Waals surface area contributed by atoms with E-state index in [1.165, 1.54) is 0 Å². The molecule has 0 aromatic carbocycles. The number of fused-ring (bicyclic) bond motifs is 1. The quantitative estimate of drug-likeness (QED) is 0.697. The molecule has 0 saturated carbocycles. The van der Waals surface area contributed by atoms with Crippen molar-refractivity contribution in [3.63, 3.8) is 0 Å². The van der Waals surface area contributed by atoms with Crippen molar-refractivity contribution in [2.24, 2.45) is 0 Å². The van der Waals surface area contributed by atoms with Gasteiger partial charge in [0, 0.05) is 25.4 Å². The average molecular weight is 360 g/mol. The van der Waals surface area contributed by atoms with Gasteiger partial charge in [-0.2, -0.15) is 0 Å². The average Bonchev–Trinajstić information content (AvgIpc) is 3.26. The minimum Gasteiger partial charge on any atom is -0.484 e. The van der Waals surface area contributed by atoms with Gasteiger partial charge in [0.25, 0.3) is 0 Å². The predicted molar refractivity (Wildman–Crippen MR) is 91.1 cm³/mol. The fraction of sp³-hybridized carbons (Fsp3) is 0.353. The third-order valence-electron chi connectivity index (χ3n) is 4.37. The van der Waals surface area contributed by atoms with Crippen LogP contribution in [0.4, 0.5) is 0 Å². The number of rotatable bonds is 5. The Labute approximate surface area is 150 Å². The van der Waals surface area contributed by atoms with E-state index in [0.29, 0.717) is 17.4 Å². The molecule has 3 aromatic heterocycles. The molecule has 25 heavy (non-hydrogen) atoms. The summed E-state index contributed by atoms with van der Waals surface area (Å²) in [5, 5.41) is 9.21. The Kier molecular flexibility index (Phi) is 4.42. The first-order chi connectivity index (χ1) is 12.2. The molecule has 4 rings (SSSR count). The van der Waals surface area contributed by atoms with Gasteiger partial charge >= 0.3 is 0 Å². The summed E-state index contributed by atoms with van der Waals surface area (Å²) in [7, 11) is 0. The molecule has 0 saturated heterocycles. The van der Waals surface area contributed by atoms with Crippen LogP contribution in [0.2, 0.25) is 5.02 Å². The number of hydrogen-bond donors (Lipinski definition) is 0. The highest BCUT2D eigenvalue weighted by Gasteiger charge is 2.28. The molecule has 130 valence electrons. The molecular weight excluding hydrogens is 342 g/mol. The zero-order valence-corrected chi connectivity index (χ0v) is 14.6.